The molecule has 0 fully saturated rings. The van der Waals surface area contributed by atoms with Gasteiger partial charge in [-0.2, -0.15) is 0 Å². The zero-order valence-corrected chi connectivity index (χ0v) is 16.2. The van der Waals surface area contributed by atoms with Gasteiger partial charge in [-0.05, 0) is 55.0 Å². The average Bonchev–Trinajstić information content (AvgIpc) is 3.10. The molecule has 6 nitrogen and oxygen atoms in total. The fraction of sp³-hybridized carbons (Fsp3) is 0.0588. The lowest BCUT2D eigenvalue weighted by atomic mass is 10.2. The molecular weight excluding hydrogens is 388 g/mol. The van der Waals surface area contributed by atoms with Crippen molar-refractivity contribution in [2.24, 2.45) is 0 Å². The summed E-state index contributed by atoms with van der Waals surface area (Å²) >= 11 is 6.52. The van der Waals surface area contributed by atoms with Crippen LogP contribution in [0, 0.1) is 6.92 Å². The zero-order chi connectivity index (χ0) is 18.6. The van der Waals surface area contributed by atoms with Gasteiger partial charge in [-0.25, -0.2) is 13.4 Å². The standard InChI is InChI=1S/C17H16N4O2S3/c1-12-4-2-3-5-15(12)20-16(24)19-13-6-8-14(9-7-13)26(22,23)21-17-18-10-11-25-17/h2-11H,1H3,(H,18,21)(H2,19,20,24). The minimum absolute atomic E-state index is 0.149. The van der Waals surface area contributed by atoms with Crippen LogP contribution in [0.4, 0.5) is 16.5 Å². The van der Waals surface area contributed by atoms with Crippen molar-refractivity contribution in [3.63, 3.8) is 0 Å². The number of nitrogens with one attached hydrogen (secondary N) is 3. The maximum atomic E-state index is 12.3. The second-order valence-corrected chi connectivity index (χ2v) is 8.35. The van der Waals surface area contributed by atoms with Crippen LogP contribution in [0.2, 0.25) is 0 Å². The Morgan fingerprint density at radius 3 is 2.46 bits per heavy atom. The number of thiazole rings is 1. The van der Waals surface area contributed by atoms with E-state index in [4.69, 9.17) is 12.2 Å². The lowest BCUT2D eigenvalue weighted by Crippen LogP contribution is -2.19. The van der Waals surface area contributed by atoms with Gasteiger partial charge in [-0.15, -0.1) is 11.3 Å². The fourth-order valence-electron chi connectivity index (χ4n) is 2.16. The first-order valence-corrected chi connectivity index (χ1v) is 10.4. The molecule has 0 aliphatic carbocycles. The van der Waals surface area contributed by atoms with Gasteiger partial charge in [-0.3, -0.25) is 4.72 Å². The van der Waals surface area contributed by atoms with E-state index in [-0.39, 0.29) is 4.90 Å². The van der Waals surface area contributed by atoms with Gasteiger partial charge in [0.25, 0.3) is 10.0 Å². The molecule has 26 heavy (non-hydrogen) atoms. The summed E-state index contributed by atoms with van der Waals surface area (Å²) in [6, 6.07) is 14.1. The van der Waals surface area contributed by atoms with Crippen molar-refractivity contribution in [1.29, 1.82) is 0 Å². The van der Waals surface area contributed by atoms with Crippen molar-refractivity contribution in [2.75, 3.05) is 15.4 Å². The molecule has 0 atom stereocenters. The maximum absolute atomic E-state index is 12.3. The van der Waals surface area contributed by atoms with Crippen LogP contribution in [0.5, 0.6) is 0 Å². The normalized spacial score (nSPS) is 11.0. The molecule has 0 unspecified atom stereocenters. The smallest absolute Gasteiger partial charge is 0.263 e. The summed E-state index contributed by atoms with van der Waals surface area (Å²) in [5.74, 6) is 0. The summed E-state index contributed by atoms with van der Waals surface area (Å²) in [4.78, 5) is 4.07. The Kier molecular flexibility index (Phi) is 5.50. The van der Waals surface area contributed by atoms with Crippen molar-refractivity contribution < 1.29 is 8.42 Å². The molecule has 1 heterocycles. The number of sulfonamides is 1. The number of benzene rings is 2. The molecule has 2 aromatic carbocycles. The maximum Gasteiger partial charge on any atom is 0.263 e. The van der Waals surface area contributed by atoms with Gasteiger partial charge < -0.3 is 10.6 Å². The van der Waals surface area contributed by atoms with Gasteiger partial charge >= 0.3 is 0 Å². The summed E-state index contributed by atoms with van der Waals surface area (Å²) in [6.07, 6.45) is 1.54. The van der Waals surface area contributed by atoms with Gasteiger partial charge in [0.15, 0.2) is 10.2 Å². The first-order chi connectivity index (χ1) is 12.4. The molecule has 0 aliphatic heterocycles. The molecule has 0 amide bonds. The van der Waals surface area contributed by atoms with E-state index in [1.54, 1.807) is 17.5 Å². The van der Waals surface area contributed by atoms with Crippen LogP contribution in [0.25, 0.3) is 0 Å². The highest BCUT2D eigenvalue weighted by atomic mass is 32.2. The molecule has 3 N–H and O–H groups in total. The van der Waals surface area contributed by atoms with E-state index in [0.29, 0.717) is 15.9 Å². The number of aryl methyl sites for hydroxylation is 1. The Morgan fingerprint density at radius 1 is 1.08 bits per heavy atom. The lowest BCUT2D eigenvalue weighted by Gasteiger charge is -2.13. The number of para-hydroxylation sites is 1. The number of nitrogens with zero attached hydrogens (tertiary/aromatic N) is 1. The second-order valence-electron chi connectivity index (χ2n) is 5.36. The van der Waals surface area contributed by atoms with Crippen molar-refractivity contribution in [3.05, 3.63) is 65.7 Å². The molecule has 0 bridgehead atoms. The molecule has 0 saturated carbocycles. The van der Waals surface area contributed by atoms with E-state index in [2.05, 4.69) is 20.3 Å². The summed E-state index contributed by atoms with van der Waals surface area (Å²) in [7, 11) is -3.66. The van der Waals surface area contributed by atoms with E-state index >= 15 is 0 Å². The Hall–Kier alpha value is -2.49. The Balaban J connectivity index is 1.66. The molecule has 0 aliphatic rings. The molecule has 1 aromatic heterocycles. The number of thiocarbonyl (C=S) groups is 1. The Bertz CT molecular complexity index is 1000. The highest BCUT2D eigenvalue weighted by molar-refractivity contribution is 7.93. The lowest BCUT2D eigenvalue weighted by molar-refractivity contribution is 0.601. The number of rotatable bonds is 5. The third-order valence-electron chi connectivity index (χ3n) is 3.47. The predicted octanol–water partition coefficient (Wildman–Crippen LogP) is 4.06. The SMILES string of the molecule is Cc1ccccc1NC(=S)Nc1ccc(S(=O)(=O)Nc2nccs2)cc1. The number of anilines is 3. The highest BCUT2D eigenvalue weighted by Gasteiger charge is 2.15. The number of aromatic nitrogens is 1. The molecule has 3 rings (SSSR count). The first kappa shape index (κ1) is 18.3. The molecule has 3 aromatic rings. The largest absolute Gasteiger partial charge is 0.332 e. The number of hydrogen-bond acceptors (Lipinski definition) is 5. The number of hydrogen-bond donors (Lipinski definition) is 3. The van der Waals surface area contributed by atoms with Gasteiger partial charge in [0.2, 0.25) is 0 Å². The van der Waals surface area contributed by atoms with Crippen LogP contribution in [0.1, 0.15) is 5.56 Å². The molecule has 0 radical (unpaired) electrons. The molecule has 134 valence electrons. The van der Waals surface area contributed by atoms with Crippen molar-refractivity contribution in [2.45, 2.75) is 11.8 Å². The minimum Gasteiger partial charge on any atom is -0.332 e. The summed E-state index contributed by atoms with van der Waals surface area (Å²) in [5, 5.41) is 8.61. The van der Waals surface area contributed by atoms with Crippen molar-refractivity contribution in [3.8, 4) is 0 Å². The third kappa shape index (κ3) is 4.57. The molecule has 0 saturated heterocycles. The van der Waals surface area contributed by atoms with E-state index in [9.17, 15) is 8.42 Å². The summed E-state index contributed by atoms with van der Waals surface area (Å²) in [6.45, 7) is 1.99. The van der Waals surface area contributed by atoms with Gasteiger partial charge in [0.05, 0.1) is 4.90 Å². The first-order valence-electron chi connectivity index (χ1n) is 7.60. The minimum atomic E-state index is -3.66. The Labute approximate surface area is 161 Å². The van der Waals surface area contributed by atoms with Gasteiger partial charge in [-0.1, -0.05) is 18.2 Å². The van der Waals surface area contributed by atoms with Crippen molar-refractivity contribution in [1.82, 2.24) is 4.98 Å². The summed E-state index contributed by atoms with van der Waals surface area (Å²) < 4.78 is 27.1. The Morgan fingerprint density at radius 2 is 1.81 bits per heavy atom. The van der Waals surface area contributed by atoms with E-state index in [1.165, 1.54) is 29.7 Å². The van der Waals surface area contributed by atoms with Crippen LogP contribution in [-0.2, 0) is 10.0 Å². The zero-order valence-electron chi connectivity index (χ0n) is 13.8. The van der Waals surface area contributed by atoms with E-state index < -0.39 is 10.0 Å². The topological polar surface area (TPSA) is 83.1 Å². The second kappa shape index (κ2) is 7.81. The summed E-state index contributed by atoms with van der Waals surface area (Å²) in [5.41, 5.74) is 2.67. The highest BCUT2D eigenvalue weighted by Crippen LogP contribution is 2.20. The van der Waals surface area contributed by atoms with Crippen LogP contribution in [0.15, 0.2) is 65.0 Å². The predicted molar refractivity (Wildman–Crippen MR) is 110 cm³/mol. The third-order valence-corrected chi connectivity index (χ3v) is 5.85. The van der Waals surface area contributed by atoms with Crippen molar-refractivity contribution >= 4 is 55.2 Å². The molecule has 9 heteroatoms. The fourth-order valence-corrected chi connectivity index (χ4v) is 4.18. The monoisotopic (exact) mass is 404 g/mol. The average molecular weight is 405 g/mol. The van der Waals surface area contributed by atoms with E-state index in [1.807, 2.05) is 31.2 Å². The van der Waals surface area contributed by atoms with Gasteiger partial charge in [0, 0.05) is 23.0 Å². The molecule has 0 spiro atoms. The van der Waals surface area contributed by atoms with Crippen LogP contribution in [-0.4, -0.2) is 18.5 Å². The van der Waals surface area contributed by atoms with Crippen LogP contribution >= 0.6 is 23.6 Å². The van der Waals surface area contributed by atoms with Crippen LogP contribution < -0.4 is 15.4 Å². The quantitative estimate of drug-likeness (QED) is 0.556. The molecular formula is C17H16N4O2S3. The van der Waals surface area contributed by atoms with Crippen LogP contribution in [0.3, 0.4) is 0 Å². The van der Waals surface area contributed by atoms with Gasteiger partial charge in [0.1, 0.15) is 0 Å². The van der Waals surface area contributed by atoms with E-state index in [0.717, 1.165) is 11.3 Å².